The number of H-pyrrole nitrogens is 1. The van der Waals surface area contributed by atoms with E-state index in [2.05, 4.69) is 31.0 Å². The quantitative estimate of drug-likeness (QED) is 0.479. The molecule has 0 radical (unpaired) electrons. The number of carbonyl (C=O) groups excluding carboxylic acids is 1. The minimum absolute atomic E-state index is 0.0553. The summed E-state index contributed by atoms with van der Waals surface area (Å²) >= 11 is 0. The molecule has 2 aromatic heterocycles. The lowest BCUT2D eigenvalue weighted by Crippen LogP contribution is -2.40. The number of nitrogens with one attached hydrogen (secondary N) is 4. The number of nitrogens with zero attached hydrogens (tertiary/aromatic N) is 3. The monoisotopic (exact) mass is 445 g/mol. The Labute approximate surface area is 191 Å². The van der Waals surface area contributed by atoms with Crippen LogP contribution in [0.3, 0.4) is 0 Å². The second kappa shape index (κ2) is 9.03. The summed E-state index contributed by atoms with van der Waals surface area (Å²) in [7, 11) is 1.60. The molecular formula is C24H27N7O2. The van der Waals surface area contributed by atoms with E-state index in [0.717, 1.165) is 49.2 Å². The van der Waals surface area contributed by atoms with E-state index in [4.69, 9.17) is 4.98 Å². The molecule has 1 atom stereocenters. The van der Waals surface area contributed by atoms with Crippen LogP contribution >= 0.6 is 0 Å². The van der Waals surface area contributed by atoms with Crippen molar-refractivity contribution in [3.63, 3.8) is 0 Å². The van der Waals surface area contributed by atoms with Crippen molar-refractivity contribution in [1.29, 1.82) is 0 Å². The lowest BCUT2D eigenvalue weighted by Gasteiger charge is -2.30. The molecule has 0 spiro atoms. The number of hydrogen-bond donors (Lipinski definition) is 4. The highest BCUT2D eigenvalue weighted by Crippen LogP contribution is 2.29. The fourth-order valence-electron chi connectivity index (χ4n) is 4.48. The van der Waals surface area contributed by atoms with Crippen LogP contribution in [-0.2, 0) is 0 Å². The molecule has 9 heteroatoms. The number of anilines is 2. The molecule has 2 aliphatic rings. The number of hydrazone groups is 1. The highest BCUT2D eigenvalue weighted by atomic mass is 16.1. The van der Waals surface area contributed by atoms with Crippen LogP contribution in [0.4, 0.5) is 11.5 Å². The predicted molar refractivity (Wildman–Crippen MR) is 129 cm³/mol. The number of amides is 1. The number of rotatable bonds is 5. The lowest BCUT2D eigenvalue weighted by molar-refractivity contribution is 0.0963. The third kappa shape index (κ3) is 4.31. The highest BCUT2D eigenvalue weighted by Gasteiger charge is 2.28. The number of carbonyl (C=O) groups is 1. The summed E-state index contributed by atoms with van der Waals surface area (Å²) < 4.78 is 0. The zero-order valence-corrected chi connectivity index (χ0v) is 18.5. The summed E-state index contributed by atoms with van der Waals surface area (Å²) in [6.45, 7) is 2.82. The normalized spacial score (nSPS) is 18.6. The minimum Gasteiger partial charge on any atom is -0.355 e. The Morgan fingerprint density at radius 2 is 1.94 bits per heavy atom. The Hall–Kier alpha value is -3.72. The van der Waals surface area contributed by atoms with E-state index >= 15 is 0 Å². The maximum Gasteiger partial charge on any atom is 0.259 e. The van der Waals surface area contributed by atoms with Crippen molar-refractivity contribution in [2.24, 2.45) is 5.10 Å². The van der Waals surface area contributed by atoms with Crippen LogP contribution in [0.15, 0.2) is 52.5 Å². The summed E-state index contributed by atoms with van der Waals surface area (Å²) in [5.41, 5.74) is 1.98. The zero-order chi connectivity index (χ0) is 22.8. The van der Waals surface area contributed by atoms with Crippen LogP contribution in [-0.4, -0.2) is 59.8 Å². The first-order chi connectivity index (χ1) is 16.1. The van der Waals surface area contributed by atoms with Gasteiger partial charge in [0.05, 0.1) is 17.0 Å². The fraction of sp³-hybridized carbons (Fsp3) is 0.333. The van der Waals surface area contributed by atoms with Crippen LogP contribution in [0.2, 0.25) is 0 Å². The van der Waals surface area contributed by atoms with E-state index in [1.165, 1.54) is 0 Å². The van der Waals surface area contributed by atoms with Crippen LogP contribution < -0.4 is 21.5 Å². The van der Waals surface area contributed by atoms with Crippen molar-refractivity contribution in [1.82, 2.24) is 25.6 Å². The first-order valence-electron chi connectivity index (χ1n) is 11.3. The van der Waals surface area contributed by atoms with Crippen molar-refractivity contribution in [3.05, 3.63) is 64.2 Å². The van der Waals surface area contributed by atoms with E-state index in [1.807, 2.05) is 18.3 Å². The summed E-state index contributed by atoms with van der Waals surface area (Å²) in [5.74, 6) is 0.396. The molecule has 170 valence electrons. The van der Waals surface area contributed by atoms with Crippen molar-refractivity contribution in [3.8, 4) is 0 Å². The van der Waals surface area contributed by atoms with Crippen LogP contribution in [0.25, 0.3) is 10.8 Å². The summed E-state index contributed by atoms with van der Waals surface area (Å²) in [5, 5.41) is 17.5. The minimum atomic E-state index is -0.201. The van der Waals surface area contributed by atoms with Gasteiger partial charge < -0.3 is 20.9 Å². The smallest absolute Gasteiger partial charge is 0.259 e. The van der Waals surface area contributed by atoms with Crippen molar-refractivity contribution < 1.29 is 4.79 Å². The van der Waals surface area contributed by atoms with Gasteiger partial charge in [0.2, 0.25) is 0 Å². The van der Waals surface area contributed by atoms with Crippen LogP contribution in [0.5, 0.6) is 0 Å². The largest absolute Gasteiger partial charge is 0.355 e. The fourth-order valence-corrected chi connectivity index (χ4v) is 4.48. The van der Waals surface area contributed by atoms with Crippen molar-refractivity contribution in [2.45, 2.75) is 24.8 Å². The van der Waals surface area contributed by atoms with Crippen molar-refractivity contribution in [2.75, 3.05) is 32.0 Å². The predicted octanol–water partition coefficient (Wildman–Crippen LogP) is 2.16. The summed E-state index contributed by atoms with van der Waals surface area (Å²) in [4.78, 5) is 32.1. The molecule has 0 aliphatic carbocycles. The molecule has 1 unspecified atom stereocenters. The first kappa shape index (κ1) is 21.1. The molecule has 1 amide bonds. The summed E-state index contributed by atoms with van der Waals surface area (Å²) in [6, 6.07) is 11.4. The molecule has 33 heavy (non-hydrogen) atoms. The number of fused-ring (bicyclic) bond motifs is 1. The maximum absolute atomic E-state index is 12.6. The van der Waals surface area contributed by atoms with Crippen molar-refractivity contribution >= 4 is 34.4 Å². The molecule has 5 rings (SSSR count). The van der Waals surface area contributed by atoms with E-state index in [1.54, 1.807) is 37.5 Å². The average molecular weight is 446 g/mol. The van der Waals surface area contributed by atoms with Gasteiger partial charge in [-0.3, -0.25) is 14.6 Å². The summed E-state index contributed by atoms with van der Waals surface area (Å²) in [6.07, 6.45) is 5.79. The molecule has 1 saturated heterocycles. The van der Waals surface area contributed by atoms with Gasteiger partial charge in [-0.15, -0.1) is 0 Å². The highest BCUT2D eigenvalue weighted by molar-refractivity contribution is 5.95. The third-order valence-electron chi connectivity index (χ3n) is 6.30. The lowest BCUT2D eigenvalue weighted by atomic mass is 10.0. The van der Waals surface area contributed by atoms with E-state index in [9.17, 15) is 9.59 Å². The molecule has 4 N–H and O–H groups in total. The van der Waals surface area contributed by atoms with Crippen LogP contribution in [0.1, 0.15) is 34.8 Å². The molecular weight excluding hydrogens is 418 g/mol. The SMILES string of the molecule is CNC(=O)c1ccc(Nc2nc(C3C=NN(C4CCNCC4)C3)cc3cc[nH]c(=O)c23)cc1. The second-order valence-corrected chi connectivity index (χ2v) is 8.42. The standard InChI is InChI=1S/C24H27N7O2/c1-25-23(32)15-2-4-18(5-3-15)29-22-21-16(6-11-27-24(21)33)12-20(30-22)17-13-28-31(14-17)19-7-9-26-10-8-19/h2-6,11-13,17,19,26H,7-10,14H2,1H3,(H,25,32)(H,27,33)(H,29,30). The molecule has 1 aromatic carbocycles. The Bertz CT molecular complexity index is 1250. The molecule has 0 saturated carbocycles. The van der Waals surface area contributed by atoms with Gasteiger partial charge in [-0.25, -0.2) is 4.98 Å². The number of hydrogen-bond acceptors (Lipinski definition) is 7. The van der Waals surface area contributed by atoms with Gasteiger partial charge in [-0.2, -0.15) is 5.10 Å². The van der Waals surface area contributed by atoms with Gasteiger partial charge >= 0.3 is 0 Å². The molecule has 0 bridgehead atoms. The van der Waals surface area contributed by atoms with E-state index in [0.29, 0.717) is 22.8 Å². The first-order valence-corrected chi connectivity index (χ1v) is 11.3. The zero-order valence-electron chi connectivity index (χ0n) is 18.5. The van der Waals surface area contributed by atoms with Crippen LogP contribution in [0, 0.1) is 0 Å². The Morgan fingerprint density at radius 3 is 2.70 bits per heavy atom. The Kier molecular flexibility index (Phi) is 5.78. The number of aromatic nitrogens is 2. The number of aromatic amines is 1. The van der Waals surface area contributed by atoms with E-state index in [-0.39, 0.29) is 17.4 Å². The second-order valence-electron chi connectivity index (χ2n) is 8.42. The molecule has 3 aromatic rings. The van der Waals surface area contributed by atoms with Gasteiger partial charge in [0.25, 0.3) is 11.5 Å². The number of pyridine rings is 2. The molecule has 1 fully saturated rings. The van der Waals surface area contributed by atoms with Gasteiger partial charge in [-0.1, -0.05) is 0 Å². The topological polar surface area (TPSA) is 115 Å². The molecule has 9 nitrogen and oxygen atoms in total. The third-order valence-corrected chi connectivity index (χ3v) is 6.30. The average Bonchev–Trinajstić information content (AvgIpc) is 3.35. The molecule has 2 aliphatic heterocycles. The Balaban J connectivity index is 1.45. The van der Waals surface area contributed by atoms with E-state index < -0.39 is 0 Å². The maximum atomic E-state index is 12.6. The number of piperidine rings is 1. The molecule has 4 heterocycles. The number of benzene rings is 1. The Morgan fingerprint density at radius 1 is 1.15 bits per heavy atom. The van der Waals surface area contributed by atoms with Gasteiger partial charge in [0.15, 0.2) is 0 Å². The van der Waals surface area contributed by atoms with Gasteiger partial charge in [0.1, 0.15) is 5.82 Å². The van der Waals surface area contributed by atoms with Gasteiger partial charge in [-0.05, 0) is 67.7 Å². The van der Waals surface area contributed by atoms with Gasteiger partial charge in [0, 0.05) is 43.3 Å².